The van der Waals surface area contributed by atoms with Crippen LogP contribution in [0.1, 0.15) is 31.0 Å². The highest BCUT2D eigenvalue weighted by atomic mass is 16.6. The molecule has 1 fully saturated rings. The van der Waals surface area contributed by atoms with Gasteiger partial charge in [0.05, 0.1) is 18.6 Å². The van der Waals surface area contributed by atoms with Crippen LogP contribution in [-0.2, 0) is 6.54 Å². The fraction of sp³-hybridized carbons (Fsp3) is 0.476. The fourth-order valence-corrected chi connectivity index (χ4v) is 3.62. The summed E-state index contributed by atoms with van der Waals surface area (Å²) in [5, 5.41) is 14.3. The number of anilines is 1. The standard InChI is InChI=1S/C21H28N4O4/c1-4-29-20-13-16(5-7-19(20)28-3)14-24-11-9-17(10-12-24)23-21-8-6-18(25(26)27)15(2)22-21/h5-8,13,17H,4,9-12,14H2,1-3H3,(H,22,23). The first-order valence-electron chi connectivity index (χ1n) is 9.90. The van der Waals surface area contributed by atoms with Crippen LogP contribution in [0.2, 0.25) is 0 Å². The van der Waals surface area contributed by atoms with Crippen LogP contribution in [0.4, 0.5) is 11.5 Å². The number of ether oxygens (including phenoxy) is 2. The molecule has 0 radical (unpaired) electrons. The second-order valence-electron chi connectivity index (χ2n) is 7.17. The van der Waals surface area contributed by atoms with Gasteiger partial charge in [-0.2, -0.15) is 0 Å². The van der Waals surface area contributed by atoms with E-state index in [1.807, 2.05) is 13.0 Å². The molecule has 0 atom stereocenters. The number of methoxy groups -OCH3 is 1. The lowest BCUT2D eigenvalue weighted by Crippen LogP contribution is -2.38. The van der Waals surface area contributed by atoms with Gasteiger partial charge in [0.2, 0.25) is 0 Å². The molecule has 0 amide bonds. The number of nitrogens with one attached hydrogen (secondary N) is 1. The molecule has 0 unspecified atom stereocenters. The predicted octanol–water partition coefficient (Wildman–Crippen LogP) is 3.78. The molecule has 2 aromatic rings. The number of piperidine rings is 1. The van der Waals surface area contributed by atoms with E-state index in [2.05, 4.69) is 27.3 Å². The predicted molar refractivity (Wildman–Crippen MR) is 112 cm³/mol. The lowest BCUT2D eigenvalue weighted by atomic mass is 10.0. The van der Waals surface area contributed by atoms with Crippen molar-refractivity contribution < 1.29 is 14.4 Å². The van der Waals surface area contributed by atoms with Crippen molar-refractivity contribution in [2.75, 3.05) is 32.1 Å². The van der Waals surface area contributed by atoms with E-state index in [-0.39, 0.29) is 5.69 Å². The van der Waals surface area contributed by atoms with Crippen LogP contribution in [0, 0.1) is 17.0 Å². The van der Waals surface area contributed by atoms with Crippen LogP contribution in [0.5, 0.6) is 11.5 Å². The van der Waals surface area contributed by atoms with Gasteiger partial charge in [-0.15, -0.1) is 0 Å². The van der Waals surface area contributed by atoms with E-state index in [0.717, 1.165) is 44.0 Å². The van der Waals surface area contributed by atoms with Gasteiger partial charge in [-0.1, -0.05) is 6.07 Å². The molecule has 0 spiro atoms. The summed E-state index contributed by atoms with van der Waals surface area (Å²) in [5.74, 6) is 2.23. The minimum Gasteiger partial charge on any atom is -0.493 e. The lowest BCUT2D eigenvalue weighted by Gasteiger charge is -2.32. The van der Waals surface area contributed by atoms with Gasteiger partial charge < -0.3 is 14.8 Å². The summed E-state index contributed by atoms with van der Waals surface area (Å²) >= 11 is 0. The first-order chi connectivity index (χ1) is 14.0. The Kier molecular flexibility index (Phi) is 6.87. The second-order valence-corrected chi connectivity index (χ2v) is 7.17. The highest BCUT2D eigenvalue weighted by Gasteiger charge is 2.21. The van der Waals surface area contributed by atoms with Crippen LogP contribution in [0.15, 0.2) is 30.3 Å². The number of aromatic nitrogens is 1. The maximum absolute atomic E-state index is 10.9. The van der Waals surface area contributed by atoms with E-state index in [4.69, 9.17) is 9.47 Å². The van der Waals surface area contributed by atoms with Crippen molar-refractivity contribution in [2.24, 2.45) is 0 Å². The zero-order chi connectivity index (χ0) is 20.8. The van der Waals surface area contributed by atoms with E-state index in [0.29, 0.717) is 24.2 Å². The summed E-state index contributed by atoms with van der Waals surface area (Å²) in [7, 11) is 1.65. The van der Waals surface area contributed by atoms with Crippen molar-refractivity contribution in [3.05, 3.63) is 51.7 Å². The number of hydrogen-bond donors (Lipinski definition) is 1. The van der Waals surface area contributed by atoms with Gasteiger partial charge >= 0.3 is 0 Å². The maximum atomic E-state index is 10.9. The third-order valence-corrected chi connectivity index (χ3v) is 5.13. The Bertz CT molecular complexity index is 851. The number of hydrogen-bond acceptors (Lipinski definition) is 7. The van der Waals surface area contributed by atoms with Crippen molar-refractivity contribution in [1.29, 1.82) is 0 Å². The Morgan fingerprint density at radius 2 is 2.00 bits per heavy atom. The number of benzene rings is 1. The number of pyridine rings is 1. The van der Waals surface area contributed by atoms with Crippen LogP contribution >= 0.6 is 0 Å². The summed E-state index contributed by atoms with van der Waals surface area (Å²) in [5.41, 5.74) is 1.69. The molecular formula is C21H28N4O4. The quantitative estimate of drug-likeness (QED) is 0.533. The minimum absolute atomic E-state index is 0.0521. The van der Waals surface area contributed by atoms with E-state index in [9.17, 15) is 10.1 Å². The first kappa shape index (κ1) is 20.9. The molecule has 2 heterocycles. The molecule has 8 nitrogen and oxygen atoms in total. The summed E-state index contributed by atoms with van der Waals surface area (Å²) in [6.45, 7) is 7.04. The van der Waals surface area contributed by atoms with Crippen LogP contribution in [0.3, 0.4) is 0 Å². The van der Waals surface area contributed by atoms with Gasteiger partial charge in [-0.25, -0.2) is 4.98 Å². The van der Waals surface area contributed by atoms with Crippen molar-refractivity contribution in [3.8, 4) is 11.5 Å². The molecule has 0 aliphatic carbocycles. The van der Waals surface area contributed by atoms with Gasteiger partial charge in [0.25, 0.3) is 5.69 Å². The lowest BCUT2D eigenvalue weighted by molar-refractivity contribution is -0.385. The topological polar surface area (TPSA) is 89.8 Å². The largest absolute Gasteiger partial charge is 0.493 e. The van der Waals surface area contributed by atoms with E-state index in [1.165, 1.54) is 11.6 Å². The number of nitrogens with zero attached hydrogens (tertiary/aromatic N) is 3. The maximum Gasteiger partial charge on any atom is 0.290 e. The SMILES string of the molecule is CCOc1cc(CN2CCC(Nc3ccc([N+](=O)[O-])c(C)n3)CC2)ccc1OC. The molecule has 3 rings (SSSR count). The Balaban J connectivity index is 1.54. The zero-order valence-corrected chi connectivity index (χ0v) is 17.2. The van der Waals surface area contributed by atoms with Gasteiger partial charge in [-0.05, 0) is 50.5 Å². The summed E-state index contributed by atoms with van der Waals surface area (Å²) in [6.07, 6.45) is 1.98. The van der Waals surface area contributed by atoms with Crippen LogP contribution in [0.25, 0.3) is 0 Å². The summed E-state index contributed by atoms with van der Waals surface area (Å²) in [4.78, 5) is 17.3. The van der Waals surface area contributed by atoms with Crippen molar-refractivity contribution >= 4 is 11.5 Å². The number of rotatable bonds is 8. The monoisotopic (exact) mass is 400 g/mol. The smallest absolute Gasteiger partial charge is 0.290 e. The van der Waals surface area contributed by atoms with E-state index >= 15 is 0 Å². The molecule has 1 saturated heterocycles. The van der Waals surface area contributed by atoms with Crippen LogP contribution in [-0.4, -0.2) is 47.7 Å². The first-order valence-corrected chi connectivity index (χ1v) is 9.90. The van der Waals surface area contributed by atoms with E-state index in [1.54, 1.807) is 20.1 Å². The average molecular weight is 400 g/mol. The molecule has 1 aromatic heterocycles. The third-order valence-electron chi connectivity index (χ3n) is 5.13. The van der Waals surface area contributed by atoms with Crippen LogP contribution < -0.4 is 14.8 Å². The average Bonchev–Trinajstić information content (AvgIpc) is 2.70. The van der Waals surface area contributed by atoms with Gasteiger partial charge in [0, 0.05) is 31.7 Å². The van der Waals surface area contributed by atoms with Gasteiger partial charge in [0.15, 0.2) is 11.5 Å². The third kappa shape index (κ3) is 5.35. The molecule has 1 aliphatic heterocycles. The molecular weight excluding hydrogens is 372 g/mol. The zero-order valence-electron chi connectivity index (χ0n) is 17.2. The Morgan fingerprint density at radius 1 is 1.24 bits per heavy atom. The minimum atomic E-state index is -0.402. The molecule has 1 aromatic carbocycles. The molecule has 8 heteroatoms. The molecule has 29 heavy (non-hydrogen) atoms. The number of likely N-dealkylation sites (tertiary alicyclic amines) is 1. The van der Waals surface area contributed by atoms with Crippen molar-refractivity contribution in [3.63, 3.8) is 0 Å². The Morgan fingerprint density at radius 3 is 2.62 bits per heavy atom. The highest BCUT2D eigenvalue weighted by Crippen LogP contribution is 2.29. The number of aryl methyl sites for hydroxylation is 1. The molecule has 156 valence electrons. The fourth-order valence-electron chi connectivity index (χ4n) is 3.62. The normalized spacial score (nSPS) is 15.1. The summed E-state index contributed by atoms with van der Waals surface area (Å²) in [6, 6.07) is 9.60. The molecule has 1 N–H and O–H groups in total. The Hall–Kier alpha value is -2.87. The number of nitro groups is 1. The van der Waals surface area contributed by atoms with Gasteiger partial charge in [0.1, 0.15) is 11.5 Å². The molecule has 0 bridgehead atoms. The molecule has 0 saturated carbocycles. The highest BCUT2D eigenvalue weighted by molar-refractivity contribution is 5.45. The van der Waals surface area contributed by atoms with Crippen molar-refractivity contribution in [1.82, 2.24) is 9.88 Å². The van der Waals surface area contributed by atoms with Crippen molar-refractivity contribution in [2.45, 2.75) is 39.3 Å². The molecule has 1 aliphatic rings. The second kappa shape index (κ2) is 9.56. The van der Waals surface area contributed by atoms with Gasteiger partial charge in [-0.3, -0.25) is 15.0 Å². The van der Waals surface area contributed by atoms with E-state index < -0.39 is 4.92 Å². The summed E-state index contributed by atoms with van der Waals surface area (Å²) < 4.78 is 11.0. The Labute approximate surface area is 171 Å².